The predicted octanol–water partition coefficient (Wildman–Crippen LogP) is 0.108. The van der Waals surface area contributed by atoms with Crippen LogP contribution in [0.4, 0.5) is 4.79 Å². The van der Waals surface area contributed by atoms with Gasteiger partial charge in [-0.1, -0.05) is 13.8 Å². The monoisotopic (exact) mass is 174 g/mol. The van der Waals surface area contributed by atoms with Crippen LogP contribution in [0.25, 0.3) is 0 Å². The Balaban J connectivity index is 4.04. The molecule has 3 N–H and O–H groups in total. The lowest BCUT2D eigenvalue weighted by molar-refractivity contribution is -0.137. The Hall–Kier alpha value is -1.26. The van der Waals surface area contributed by atoms with E-state index in [0.29, 0.717) is 6.54 Å². The number of rotatable bonds is 4. The smallest absolute Gasteiger partial charge is 0.323 e. The Morgan fingerprint density at radius 2 is 2.00 bits per heavy atom. The third-order valence-electron chi connectivity index (χ3n) is 1.22. The van der Waals surface area contributed by atoms with E-state index in [-0.39, 0.29) is 12.5 Å². The summed E-state index contributed by atoms with van der Waals surface area (Å²) in [6.45, 7) is 3.82. The largest absolute Gasteiger partial charge is 0.480 e. The summed E-state index contributed by atoms with van der Waals surface area (Å²) < 4.78 is 0. The minimum absolute atomic E-state index is 0.219. The molecule has 0 radical (unpaired) electrons. The van der Waals surface area contributed by atoms with Crippen LogP contribution in [-0.4, -0.2) is 35.1 Å². The zero-order valence-corrected chi connectivity index (χ0v) is 7.28. The molecule has 0 aromatic carbocycles. The number of urea groups is 1. The van der Waals surface area contributed by atoms with Crippen molar-refractivity contribution in [1.29, 1.82) is 0 Å². The maximum atomic E-state index is 10.7. The molecule has 0 rings (SSSR count). The van der Waals surface area contributed by atoms with Crippen LogP contribution in [0.5, 0.6) is 0 Å². The highest BCUT2D eigenvalue weighted by Gasteiger charge is 2.14. The number of carbonyl (C=O) groups excluding carboxylic acids is 1. The van der Waals surface area contributed by atoms with Crippen LogP contribution in [0, 0.1) is 5.92 Å². The second-order valence-corrected chi connectivity index (χ2v) is 3.01. The number of amides is 2. The molecule has 0 fully saturated rings. The molecule has 0 aliphatic heterocycles. The van der Waals surface area contributed by atoms with Gasteiger partial charge in [-0.25, -0.2) is 4.79 Å². The van der Waals surface area contributed by atoms with Crippen molar-refractivity contribution in [2.75, 3.05) is 13.1 Å². The van der Waals surface area contributed by atoms with Crippen molar-refractivity contribution in [1.82, 2.24) is 4.90 Å². The van der Waals surface area contributed by atoms with E-state index in [1.807, 2.05) is 13.8 Å². The number of hydrogen-bond donors (Lipinski definition) is 2. The van der Waals surface area contributed by atoms with Gasteiger partial charge in [0.25, 0.3) is 0 Å². The number of nitrogens with zero attached hydrogens (tertiary/aromatic N) is 1. The molecule has 0 atom stereocenters. The highest BCUT2D eigenvalue weighted by Crippen LogP contribution is 1.97. The van der Waals surface area contributed by atoms with E-state index in [1.165, 1.54) is 0 Å². The highest BCUT2D eigenvalue weighted by molar-refractivity contribution is 5.78. The Morgan fingerprint density at radius 1 is 1.50 bits per heavy atom. The summed E-state index contributed by atoms with van der Waals surface area (Å²) in [5, 5.41) is 8.40. The van der Waals surface area contributed by atoms with Crippen molar-refractivity contribution in [2.24, 2.45) is 11.7 Å². The first-order chi connectivity index (χ1) is 5.43. The molecule has 0 spiro atoms. The molecule has 0 unspecified atom stereocenters. The van der Waals surface area contributed by atoms with E-state index in [0.717, 1.165) is 4.90 Å². The molecule has 0 aliphatic carbocycles. The average Bonchev–Trinajstić information content (AvgIpc) is 1.83. The van der Waals surface area contributed by atoms with Crippen LogP contribution in [0.1, 0.15) is 13.8 Å². The van der Waals surface area contributed by atoms with Crippen LogP contribution >= 0.6 is 0 Å². The Bertz CT molecular complexity index is 179. The Kier molecular flexibility index (Phi) is 4.10. The van der Waals surface area contributed by atoms with Gasteiger partial charge in [0.2, 0.25) is 0 Å². The third-order valence-corrected chi connectivity index (χ3v) is 1.22. The molecule has 0 heterocycles. The number of nitrogens with two attached hydrogens (primary N) is 1. The van der Waals surface area contributed by atoms with Gasteiger partial charge in [0.1, 0.15) is 6.54 Å². The van der Waals surface area contributed by atoms with E-state index >= 15 is 0 Å². The minimum Gasteiger partial charge on any atom is -0.480 e. The summed E-state index contributed by atoms with van der Waals surface area (Å²) in [4.78, 5) is 22.0. The minimum atomic E-state index is -1.05. The number of carboxylic acid groups (broad SMARTS) is 1. The van der Waals surface area contributed by atoms with Crippen molar-refractivity contribution in [3.05, 3.63) is 0 Å². The molecular formula is C7H14N2O3. The van der Waals surface area contributed by atoms with Gasteiger partial charge in [0.15, 0.2) is 0 Å². The van der Waals surface area contributed by atoms with Crippen molar-refractivity contribution >= 4 is 12.0 Å². The molecule has 0 aromatic rings. The number of primary amides is 1. The first-order valence-electron chi connectivity index (χ1n) is 3.69. The van der Waals surface area contributed by atoms with Crippen molar-refractivity contribution < 1.29 is 14.7 Å². The SMILES string of the molecule is CC(C)CN(CC(=O)O)C(N)=O. The summed E-state index contributed by atoms with van der Waals surface area (Å²) in [7, 11) is 0. The standard InChI is InChI=1S/C7H14N2O3/c1-5(2)3-9(7(8)12)4-6(10)11/h5H,3-4H2,1-2H3,(H2,8,12)(H,10,11). The maximum absolute atomic E-state index is 10.7. The lowest BCUT2D eigenvalue weighted by Gasteiger charge is -2.19. The third kappa shape index (κ3) is 4.54. The van der Waals surface area contributed by atoms with Gasteiger partial charge in [-0.2, -0.15) is 0 Å². The lowest BCUT2D eigenvalue weighted by atomic mass is 10.2. The van der Waals surface area contributed by atoms with Crippen molar-refractivity contribution in [3.63, 3.8) is 0 Å². The maximum Gasteiger partial charge on any atom is 0.323 e. The van der Waals surface area contributed by atoms with Crippen LogP contribution in [0.15, 0.2) is 0 Å². The molecule has 0 bridgehead atoms. The molecular weight excluding hydrogens is 160 g/mol. The number of carbonyl (C=O) groups is 2. The molecule has 0 aromatic heterocycles. The quantitative estimate of drug-likeness (QED) is 0.634. The Labute approximate surface area is 71.1 Å². The number of carboxylic acids is 1. The van der Waals surface area contributed by atoms with Gasteiger partial charge < -0.3 is 15.7 Å². The van der Waals surface area contributed by atoms with Gasteiger partial charge >= 0.3 is 12.0 Å². The van der Waals surface area contributed by atoms with Gasteiger partial charge in [-0.15, -0.1) is 0 Å². The van der Waals surface area contributed by atoms with Gasteiger partial charge in [0, 0.05) is 6.54 Å². The summed E-state index contributed by atoms with van der Waals surface area (Å²) in [5.41, 5.74) is 4.96. The summed E-state index contributed by atoms with van der Waals surface area (Å²) >= 11 is 0. The fourth-order valence-electron chi connectivity index (χ4n) is 0.836. The van der Waals surface area contributed by atoms with Crippen LogP contribution in [0.2, 0.25) is 0 Å². The second kappa shape index (κ2) is 4.58. The summed E-state index contributed by atoms with van der Waals surface area (Å²) in [6.07, 6.45) is 0. The van der Waals surface area contributed by atoms with E-state index in [2.05, 4.69) is 0 Å². The molecule has 70 valence electrons. The van der Waals surface area contributed by atoms with Gasteiger partial charge in [-0.3, -0.25) is 4.79 Å². The lowest BCUT2D eigenvalue weighted by Crippen LogP contribution is -2.41. The number of hydrogen-bond acceptors (Lipinski definition) is 2. The fourth-order valence-corrected chi connectivity index (χ4v) is 0.836. The molecule has 2 amide bonds. The van der Waals surface area contributed by atoms with Crippen LogP contribution in [0.3, 0.4) is 0 Å². The van der Waals surface area contributed by atoms with E-state index < -0.39 is 12.0 Å². The summed E-state index contributed by atoms with van der Waals surface area (Å²) in [6, 6.07) is -0.689. The fraction of sp³-hybridized carbons (Fsp3) is 0.714. The highest BCUT2D eigenvalue weighted by atomic mass is 16.4. The number of aliphatic carboxylic acids is 1. The van der Waals surface area contributed by atoms with Crippen molar-refractivity contribution in [2.45, 2.75) is 13.8 Å². The molecule has 5 heteroatoms. The molecule has 12 heavy (non-hydrogen) atoms. The van der Waals surface area contributed by atoms with Crippen molar-refractivity contribution in [3.8, 4) is 0 Å². The van der Waals surface area contributed by atoms with Crippen LogP contribution < -0.4 is 5.73 Å². The second-order valence-electron chi connectivity index (χ2n) is 3.01. The summed E-state index contributed by atoms with van der Waals surface area (Å²) in [5.74, 6) is -0.828. The first-order valence-corrected chi connectivity index (χ1v) is 3.69. The van der Waals surface area contributed by atoms with Crippen LogP contribution in [-0.2, 0) is 4.79 Å². The molecule has 0 saturated heterocycles. The van der Waals surface area contributed by atoms with Gasteiger partial charge in [0.05, 0.1) is 0 Å². The zero-order chi connectivity index (χ0) is 9.72. The first kappa shape index (κ1) is 10.7. The van der Waals surface area contributed by atoms with E-state index in [1.54, 1.807) is 0 Å². The zero-order valence-electron chi connectivity index (χ0n) is 7.28. The predicted molar refractivity (Wildman–Crippen MR) is 43.6 cm³/mol. The van der Waals surface area contributed by atoms with Gasteiger partial charge in [-0.05, 0) is 5.92 Å². The normalized spacial score (nSPS) is 9.92. The van der Waals surface area contributed by atoms with E-state index in [9.17, 15) is 9.59 Å². The molecule has 0 saturated carbocycles. The average molecular weight is 174 g/mol. The molecule has 5 nitrogen and oxygen atoms in total. The Morgan fingerprint density at radius 3 is 2.25 bits per heavy atom. The molecule has 0 aliphatic rings. The topological polar surface area (TPSA) is 83.6 Å². The van der Waals surface area contributed by atoms with E-state index in [4.69, 9.17) is 10.8 Å².